The average molecular weight is 1100 g/mol. The molecule has 1 N–H and O–H groups in total. The Labute approximate surface area is 430 Å². The standard InChI is InChI=1S/C29H31O3S.C23H30F6NO9S2/c1-4-29(15-9-10-16-29)32-27(30)19-31-28-20(2)17-22(18-21(28)3)33-25-13-7-5-11-23(25)24-12-6-8-14-26(24)33;1-5-15(16-6-8-17(9-7-16)40(34,35)30-41(36,37)23(27,28)29)12-21(4,19(33)38-11-10-31)13-20(2,3)18(32)39-14-22(24,25)26/h5-8,11-14,17-18H,4,9-10,15-16,19H2,1-3H3;6-9,15,31H,5,10-14H2,1-4H3/q+1;-1. The molecule has 13 nitrogen and oxygen atoms in total. The number of aryl methyl sites for hydroxylation is 2. The van der Waals surface area contributed by atoms with Crippen molar-refractivity contribution in [1.82, 2.24) is 0 Å². The van der Waals surface area contributed by atoms with Gasteiger partial charge in [0.2, 0.25) is 0 Å². The lowest BCUT2D eigenvalue weighted by Crippen LogP contribution is -2.41. The van der Waals surface area contributed by atoms with Crippen molar-refractivity contribution in [1.29, 1.82) is 0 Å². The first-order valence-corrected chi connectivity index (χ1v) is 27.8. The lowest BCUT2D eigenvalue weighted by atomic mass is 9.68. The summed E-state index contributed by atoms with van der Waals surface area (Å²) in [4.78, 5) is 38.5. The van der Waals surface area contributed by atoms with Crippen LogP contribution in [-0.4, -0.2) is 83.6 Å². The minimum Gasteiger partial charge on any atom is -0.481 e. The van der Waals surface area contributed by atoms with E-state index in [-0.39, 0.29) is 47.9 Å². The highest BCUT2D eigenvalue weighted by atomic mass is 32.3. The summed E-state index contributed by atoms with van der Waals surface area (Å²) in [6.07, 6.45) is 0.0940. The molecule has 0 radical (unpaired) electrons. The van der Waals surface area contributed by atoms with Gasteiger partial charge in [0.25, 0.3) is 0 Å². The summed E-state index contributed by atoms with van der Waals surface area (Å²) in [5, 5.41) is 11.7. The van der Waals surface area contributed by atoms with E-state index in [1.807, 2.05) is 4.13 Å². The van der Waals surface area contributed by atoms with Crippen LogP contribution >= 0.6 is 10.5 Å². The molecule has 6 rings (SSSR count). The fourth-order valence-corrected chi connectivity index (χ4v) is 14.2. The highest BCUT2D eigenvalue weighted by Gasteiger charge is 2.46. The van der Waals surface area contributed by atoms with Crippen molar-refractivity contribution in [3.63, 3.8) is 0 Å². The molecule has 5 aromatic rings. The van der Waals surface area contributed by atoms with Crippen LogP contribution in [0.3, 0.4) is 0 Å². The summed E-state index contributed by atoms with van der Waals surface area (Å²) in [7, 11) is -11.8. The number of halogens is 6. The van der Waals surface area contributed by atoms with Gasteiger partial charge >= 0.3 is 29.6 Å². The average Bonchev–Trinajstić information content (AvgIpc) is 3.93. The van der Waals surface area contributed by atoms with Crippen LogP contribution in [-0.2, 0) is 48.6 Å². The quantitative estimate of drug-likeness (QED) is 0.0336. The molecule has 0 spiro atoms. The number of aliphatic hydroxyl groups is 1. The van der Waals surface area contributed by atoms with Crippen LogP contribution in [0.5, 0.6) is 5.75 Å². The Kier molecular flexibility index (Phi) is 19.1. The molecule has 4 aromatic carbocycles. The van der Waals surface area contributed by atoms with Crippen LogP contribution in [0.2, 0.25) is 0 Å². The van der Waals surface area contributed by atoms with E-state index in [4.69, 9.17) is 19.3 Å². The van der Waals surface area contributed by atoms with E-state index >= 15 is 0 Å². The molecule has 0 saturated heterocycles. The molecule has 0 bridgehead atoms. The maximum Gasteiger partial charge on any atom is 0.480 e. The minimum absolute atomic E-state index is 0.0415. The largest absolute Gasteiger partial charge is 0.481 e. The number of alkyl halides is 6. The van der Waals surface area contributed by atoms with Crippen LogP contribution in [0.15, 0.2) is 89.8 Å². The summed E-state index contributed by atoms with van der Waals surface area (Å²) in [5.41, 5.74) is -6.94. The Hall–Kier alpha value is -5.29. The Bertz CT molecular complexity index is 2950. The SMILES string of the molecule is CCC(CC(C)(CC(C)(C)C(=O)OCC(F)(F)F)C(=O)OCCO)c1ccc(S(=O)(=O)[N-]S(=O)(=O)C(F)(F)F)cc1.CCC1(OC(=O)COc2c(C)cc(-[s+]3c4ccccc4c4ccccc43)cc2C)CCCC1. The number of fused-ring (bicyclic) bond motifs is 3. The van der Waals surface area contributed by atoms with Crippen LogP contribution < -0.4 is 4.74 Å². The number of hydrogen-bond donors (Lipinski definition) is 1. The predicted octanol–water partition coefficient (Wildman–Crippen LogP) is 12.5. The first-order valence-electron chi connectivity index (χ1n) is 23.7. The van der Waals surface area contributed by atoms with Gasteiger partial charge in [0.05, 0.1) is 17.4 Å². The van der Waals surface area contributed by atoms with E-state index in [0.29, 0.717) is 5.56 Å². The van der Waals surface area contributed by atoms with Crippen molar-refractivity contribution in [3.8, 4) is 10.6 Å². The lowest BCUT2D eigenvalue weighted by Gasteiger charge is -2.36. The van der Waals surface area contributed by atoms with Crippen molar-refractivity contribution in [2.75, 3.05) is 26.4 Å². The third-order valence-corrected chi connectivity index (χ3v) is 18.2. The van der Waals surface area contributed by atoms with Gasteiger partial charge in [-0.2, -0.15) is 26.3 Å². The Morgan fingerprint density at radius 3 is 1.81 bits per heavy atom. The van der Waals surface area contributed by atoms with Gasteiger partial charge in [0.15, 0.2) is 37.5 Å². The Balaban J connectivity index is 0.000000279. The predicted molar refractivity (Wildman–Crippen MR) is 269 cm³/mol. The highest BCUT2D eigenvalue weighted by Crippen LogP contribution is 2.50. The first kappa shape index (κ1) is 59.6. The van der Waals surface area contributed by atoms with Gasteiger partial charge in [-0.25, -0.2) is 21.6 Å². The number of carbonyl (C=O) groups excluding carboxylic acids is 3. The van der Waals surface area contributed by atoms with E-state index in [0.717, 1.165) is 61.1 Å². The summed E-state index contributed by atoms with van der Waals surface area (Å²) >= 11 is 0. The smallest absolute Gasteiger partial charge is 0.480 e. The van der Waals surface area contributed by atoms with Gasteiger partial charge in [0.1, 0.15) is 28.0 Å². The summed E-state index contributed by atoms with van der Waals surface area (Å²) in [5.74, 6) is -2.20. The first-order chi connectivity index (χ1) is 34.4. The lowest BCUT2D eigenvalue weighted by molar-refractivity contribution is -0.194. The van der Waals surface area contributed by atoms with E-state index in [1.54, 1.807) is 6.92 Å². The molecule has 1 aromatic heterocycles. The Morgan fingerprint density at radius 2 is 1.32 bits per heavy atom. The number of hydrogen-bond acceptors (Lipinski definition) is 12. The van der Waals surface area contributed by atoms with E-state index < -0.39 is 85.1 Å². The maximum atomic E-state index is 13.0. The molecule has 22 heteroatoms. The molecule has 0 amide bonds. The normalized spacial score (nSPS) is 15.4. The molecular weight excluding hydrogens is 1040 g/mol. The van der Waals surface area contributed by atoms with Crippen LogP contribution in [0.4, 0.5) is 26.3 Å². The highest BCUT2D eigenvalue weighted by molar-refractivity contribution is 8.12. The second-order valence-electron chi connectivity index (χ2n) is 19.2. The number of thiophene rings is 1. The van der Waals surface area contributed by atoms with Crippen LogP contribution in [0, 0.1) is 24.7 Å². The molecule has 1 aliphatic carbocycles. The van der Waals surface area contributed by atoms with Gasteiger partial charge in [-0.05, 0) is 145 Å². The van der Waals surface area contributed by atoms with Gasteiger partial charge in [-0.3, -0.25) is 9.59 Å². The van der Waals surface area contributed by atoms with Crippen molar-refractivity contribution < 1.29 is 81.6 Å². The number of esters is 3. The van der Waals surface area contributed by atoms with Gasteiger partial charge < -0.3 is 28.2 Å². The second kappa shape index (κ2) is 23.7. The van der Waals surface area contributed by atoms with Gasteiger partial charge in [-0.15, -0.1) is 0 Å². The second-order valence-corrected chi connectivity index (χ2v) is 24.6. The number of sulfonamides is 2. The van der Waals surface area contributed by atoms with Crippen molar-refractivity contribution in [2.45, 2.75) is 128 Å². The Morgan fingerprint density at radius 1 is 0.784 bits per heavy atom. The number of nitrogens with zero attached hydrogens (tertiary/aromatic N) is 1. The monoisotopic (exact) mass is 1100 g/mol. The van der Waals surface area contributed by atoms with E-state index in [1.165, 1.54) is 58.0 Å². The molecule has 2 atom stereocenters. The zero-order valence-corrected chi connectivity index (χ0v) is 44.5. The fourth-order valence-electron chi connectivity index (χ4n) is 9.41. The van der Waals surface area contributed by atoms with Crippen molar-refractivity contribution >= 4 is 68.6 Å². The molecule has 1 heterocycles. The number of rotatable bonds is 20. The molecule has 0 aliphatic heterocycles. The molecule has 1 saturated carbocycles. The molecule has 1 fully saturated rings. The summed E-state index contributed by atoms with van der Waals surface area (Å²) in [6.45, 7) is 8.98. The van der Waals surface area contributed by atoms with Crippen molar-refractivity contribution in [3.05, 3.63) is 106 Å². The number of benzene rings is 4. The molecule has 74 heavy (non-hydrogen) atoms. The summed E-state index contributed by atoms with van der Waals surface area (Å²) in [6, 6.07) is 25.8. The third-order valence-electron chi connectivity index (χ3n) is 12.9. The summed E-state index contributed by atoms with van der Waals surface area (Å²) < 4.78 is 148. The van der Waals surface area contributed by atoms with E-state index in [9.17, 15) is 57.6 Å². The van der Waals surface area contributed by atoms with Gasteiger partial charge in [0, 0.05) is 38.3 Å². The zero-order valence-electron chi connectivity index (χ0n) is 42.0. The minimum atomic E-state index is -6.35. The molecular formula is C52H61F6NO12S3. The van der Waals surface area contributed by atoms with Crippen molar-refractivity contribution in [2.24, 2.45) is 10.8 Å². The molecule has 1 aliphatic rings. The van der Waals surface area contributed by atoms with E-state index in [2.05, 4.69) is 86.2 Å². The van der Waals surface area contributed by atoms with Crippen LogP contribution in [0.25, 0.3) is 29.2 Å². The number of aliphatic hydroxyl groups excluding tert-OH is 1. The zero-order chi connectivity index (χ0) is 55.1. The maximum absolute atomic E-state index is 13.0. The fraction of sp³-hybridized carbons (Fsp3) is 0.481. The molecule has 406 valence electrons. The van der Waals surface area contributed by atoms with Crippen LogP contribution in [0.1, 0.15) is 109 Å². The third kappa shape index (κ3) is 14.5. The van der Waals surface area contributed by atoms with Gasteiger partial charge in [-0.1, -0.05) is 50.2 Å². The number of carbonyl (C=O) groups is 3. The topological polar surface area (TPSA) is 191 Å². The number of ether oxygens (including phenoxy) is 4. The molecule has 2 unspecified atom stereocenters.